The third kappa shape index (κ3) is 2.17. The Labute approximate surface area is 104 Å². The fraction of sp³-hybridized carbons (Fsp3) is 0.154. The van der Waals surface area contributed by atoms with Gasteiger partial charge in [0.15, 0.2) is 0 Å². The second-order valence-electron chi connectivity index (χ2n) is 3.39. The summed E-state index contributed by atoms with van der Waals surface area (Å²) in [6.45, 7) is 0. The Morgan fingerprint density at radius 2 is 1.88 bits per heavy atom. The maximum atomic E-state index is 11.6. The zero-order chi connectivity index (χ0) is 12.3. The van der Waals surface area contributed by atoms with Crippen molar-refractivity contribution in [2.75, 3.05) is 14.2 Å². The summed E-state index contributed by atoms with van der Waals surface area (Å²) in [4.78, 5) is 11.6. The number of esters is 1. The molecule has 2 aromatic rings. The predicted molar refractivity (Wildman–Crippen MR) is 67.6 cm³/mol. The SMILES string of the molecule is COC(=O)c1cscc1-c1ccccc1OC. The van der Waals surface area contributed by atoms with Crippen molar-refractivity contribution < 1.29 is 14.3 Å². The molecule has 2 rings (SSSR count). The number of para-hydroxylation sites is 1. The topological polar surface area (TPSA) is 35.5 Å². The molecule has 4 heteroatoms. The van der Waals surface area contributed by atoms with Gasteiger partial charge in [-0.05, 0) is 11.4 Å². The summed E-state index contributed by atoms with van der Waals surface area (Å²) in [6, 6.07) is 7.60. The van der Waals surface area contributed by atoms with Crippen LogP contribution in [0.25, 0.3) is 11.1 Å². The van der Waals surface area contributed by atoms with Crippen molar-refractivity contribution in [1.82, 2.24) is 0 Å². The second-order valence-corrected chi connectivity index (χ2v) is 4.13. The van der Waals surface area contributed by atoms with Gasteiger partial charge in [-0.2, -0.15) is 11.3 Å². The van der Waals surface area contributed by atoms with Crippen molar-refractivity contribution in [1.29, 1.82) is 0 Å². The van der Waals surface area contributed by atoms with Crippen LogP contribution in [0, 0.1) is 0 Å². The number of hydrogen-bond acceptors (Lipinski definition) is 4. The number of benzene rings is 1. The highest BCUT2D eigenvalue weighted by Gasteiger charge is 2.16. The van der Waals surface area contributed by atoms with Gasteiger partial charge in [-0.3, -0.25) is 0 Å². The zero-order valence-electron chi connectivity index (χ0n) is 9.60. The van der Waals surface area contributed by atoms with E-state index in [1.165, 1.54) is 18.4 Å². The Morgan fingerprint density at radius 3 is 2.59 bits per heavy atom. The minimum absolute atomic E-state index is 0.327. The summed E-state index contributed by atoms with van der Waals surface area (Å²) in [6.07, 6.45) is 0. The molecule has 0 atom stereocenters. The van der Waals surface area contributed by atoms with Crippen molar-refractivity contribution >= 4 is 17.3 Å². The van der Waals surface area contributed by atoms with Gasteiger partial charge in [0.25, 0.3) is 0 Å². The van der Waals surface area contributed by atoms with E-state index in [1.54, 1.807) is 12.5 Å². The van der Waals surface area contributed by atoms with Crippen molar-refractivity contribution in [2.45, 2.75) is 0 Å². The van der Waals surface area contributed by atoms with Crippen molar-refractivity contribution in [3.63, 3.8) is 0 Å². The monoisotopic (exact) mass is 248 g/mol. The van der Waals surface area contributed by atoms with Crippen LogP contribution in [0.15, 0.2) is 35.0 Å². The Morgan fingerprint density at radius 1 is 1.12 bits per heavy atom. The van der Waals surface area contributed by atoms with Gasteiger partial charge in [-0.1, -0.05) is 18.2 Å². The molecule has 0 N–H and O–H groups in total. The first-order chi connectivity index (χ1) is 8.27. The lowest BCUT2D eigenvalue weighted by Crippen LogP contribution is -2.01. The first kappa shape index (κ1) is 11.7. The van der Waals surface area contributed by atoms with Crippen molar-refractivity contribution in [2.24, 2.45) is 0 Å². The standard InChI is InChI=1S/C13H12O3S/c1-15-12-6-4-3-5-9(12)10-7-17-8-11(10)13(14)16-2/h3-8H,1-2H3. The Bertz CT molecular complexity index is 531. The van der Waals surface area contributed by atoms with E-state index in [1.807, 2.05) is 29.6 Å². The third-order valence-electron chi connectivity index (χ3n) is 2.46. The molecule has 3 nitrogen and oxygen atoms in total. The lowest BCUT2D eigenvalue weighted by atomic mass is 10.0. The molecule has 0 amide bonds. The van der Waals surface area contributed by atoms with Gasteiger partial charge in [-0.15, -0.1) is 0 Å². The maximum Gasteiger partial charge on any atom is 0.339 e. The highest BCUT2D eigenvalue weighted by Crippen LogP contribution is 2.34. The normalized spacial score (nSPS) is 10.0. The third-order valence-corrected chi connectivity index (χ3v) is 3.21. The number of methoxy groups -OCH3 is 2. The molecule has 0 spiro atoms. The summed E-state index contributed by atoms with van der Waals surface area (Å²) < 4.78 is 10.0. The van der Waals surface area contributed by atoms with Crippen LogP contribution in [-0.2, 0) is 4.74 Å². The summed E-state index contributed by atoms with van der Waals surface area (Å²) >= 11 is 1.47. The average Bonchev–Trinajstić information content (AvgIpc) is 2.86. The van der Waals surface area contributed by atoms with E-state index >= 15 is 0 Å². The number of ether oxygens (including phenoxy) is 2. The second kappa shape index (κ2) is 5.01. The molecular formula is C13H12O3S. The summed E-state index contributed by atoms with van der Waals surface area (Å²) in [5, 5.41) is 3.71. The Hall–Kier alpha value is -1.81. The minimum Gasteiger partial charge on any atom is -0.496 e. The number of carbonyl (C=O) groups excluding carboxylic acids is 1. The van der Waals surface area contributed by atoms with E-state index < -0.39 is 0 Å². The van der Waals surface area contributed by atoms with Crippen LogP contribution in [0.2, 0.25) is 0 Å². The Kier molecular flexibility index (Phi) is 3.44. The molecule has 1 heterocycles. The molecule has 0 aliphatic rings. The van der Waals surface area contributed by atoms with Crippen LogP contribution >= 0.6 is 11.3 Å². The van der Waals surface area contributed by atoms with Crippen LogP contribution < -0.4 is 4.74 Å². The van der Waals surface area contributed by atoms with Crippen molar-refractivity contribution in [3.8, 4) is 16.9 Å². The van der Waals surface area contributed by atoms with Gasteiger partial charge >= 0.3 is 5.97 Å². The predicted octanol–water partition coefficient (Wildman–Crippen LogP) is 3.21. The smallest absolute Gasteiger partial charge is 0.339 e. The Balaban J connectivity index is 2.53. The first-order valence-electron chi connectivity index (χ1n) is 5.05. The van der Waals surface area contributed by atoms with Gasteiger partial charge < -0.3 is 9.47 Å². The quantitative estimate of drug-likeness (QED) is 0.782. The van der Waals surface area contributed by atoms with E-state index in [0.29, 0.717) is 5.56 Å². The molecule has 1 aromatic heterocycles. The highest BCUT2D eigenvalue weighted by atomic mass is 32.1. The van der Waals surface area contributed by atoms with Crippen LogP contribution in [0.5, 0.6) is 5.75 Å². The van der Waals surface area contributed by atoms with Gasteiger partial charge in [0.2, 0.25) is 0 Å². The van der Waals surface area contributed by atoms with Gasteiger partial charge in [0.1, 0.15) is 5.75 Å². The summed E-state index contributed by atoms with van der Waals surface area (Å²) in [5.74, 6) is 0.420. The van der Waals surface area contributed by atoms with Crippen LogP contribution in [0.3, 0.4) is 0 Å². The summed E-state index contributed by atoms with van der Waals surface area (Å²) in [7, 11) is 3.00. The molecule has 0 saturated carbocycles. The van der Waals surface area contributed by atoms with Crippen LogP contribution in [0.1, 0.15) is 10.4 Å². The molecule has 0 aliphatic carbocycles. The van der Waals surface area contributed by atoms with E-state index in [4.69, 9.17) is 9.47 Å². The molecule has 0 fully saturated rings. The number of rotatable bonds is 3. The lowest BCUT2D eigenvalue weighted by molar-refractivity contribution is 0.0602. The maximum absolute atomic E-state index is 11.6. The van der Waals surface area contributed by atoms with Gasteiger partial charge in [0.05, 0.1) is 19.8 Å². The number of thiophene rings is 1. The average molecular weight is 248 g/mol. The van der Waals surface area contributed by atoms with Crippen LogP contribution in [0.4, 0.5) is 0 Å². The van der Waals surface area contributed by atoms with E-state index in [0.717, 1.165) is 16.9 Å². The molecule has 0 saturated heterocycles. The zero-order valence-corrected chi connectivity index (χ0v) is 10.4. The molecule has 0 unspecified atom stereocenters. The largest absolute Gasteiger partial charge is 0.496 e. The van der Waals surface area contributed by atoms with E-state index in [-0.39, 0.29) is 5.97 Å². The first-order valence-corrected chi connectivity index (χ1v) is 6.00. The van der Waals surface area contributed by atoms with Gasteiger partial charge in [-0.25, -0.2) is 4.79 Å². The number of hydrogen-bond donors (Lipinski definition) is 0. The molecule has 0 bridgehead atoms. The van der Waals surface area contributed by atoms with E-state index in [2.05, 4.69) is 0 Å². The highest BCUT2D eigenvalue weighted by molar-refractivity contribution is 7.08. The van der Waals surface area contributed by atoms with E-state index in [9.17, 15) is 4.79 Å². The molecule has 1 aromatic carbocycles. The fourth-order valence-electron chi connectivity index (χ4n) is 1.64. The fourth-order valence-corrected chi connectivity index (χ4v) is 2.46. The molecular weight excluding hydrogens is 236 g/mol. The summed E-state index contributed by atoms with van der Waals surface area (Å²) in [5.41, 5.74) is 2.32. The molecule has 88 valence electrons. The van der Waals surface area contributed by atoms with Crippen molar-refractivity contribution in [3.05, 3.63) is 40.6 Å². The molecule has 0 radical (unpaired) electrons. The molecule has 0 aliphatic heterocycles. The minimum atomic E-state index is -0.327. The molecule has 17 heavy (non-hydrogen) atoms. The van der Waals surface area contributed by atoms with Crippen LogP contribution in [-0.4, -0.2) is 20.2 Å². The lowest BCUT2D eigenvalue weighted by Gasteiger charge is -2.08. The van der Waals surface area contributed by atoms with Gasteiger partial charge in [0, 0.05) is 16.5 Å². The number of carbonyl (C=O) groups is 1.